The zero-order valence-corrected chi connectivity index (χ0v) is 7.02. The number of nitrogens with zero attached hydrogens (tertiary/aromatic N) is 1. The van der Waals surface area contributed by atoms with Crippen molar-refractivity contribution in [2.75, 3.05) is 0 Å². The second kappa shape index (κ2) is 5.12. The van der Waals surface area contributed by atoms with Gasteiger partial charge in [-0.05, 0) is 13.8 Å². The lowest BCUT2D eigenvalue weighted by Crippen LogP contribution is -1.81. The SMILES string of the molecule is Cc1cccc(C)c1.O=[N+]([O-])O. The van der Waals surface area contributed by atoms with Crippen molar-refractivity contribution in [3.05, 3.63) is 45.5 Å². The van der Waals surface area contributed by atoms with Gasteiger partial charge in [0.15, 0.2) is 0 Å². The van der Waals surface area contributed by atoms with Crippen LogP contribution in [0.15, 0.2) is 24.3 Å². The highest BCUT2D eigenvalue weighted by Crippen LogP contribution is 2.00. The molecule has 0 spiro atoms. The van der Waals surface area contributed by atoms with E-state index >= 15 is 0 Å². The summed E-state index contributed by atoms with van der Waals surface area (Å²) in [5.41, 5.74) is 2.68. The predicted molar refractivity (Wildman–Crippen MR) is 44.7 cm³/mol. The van der Waals surface area contributed by atoms with Gasteiger partial charge in [0.05, 0.1) is 0 Å². The van der Waals surface area contributed by atoms with Crippen LogP contribution in [0.3, 0.4) is 0 Å². The average Bonchev–Trinajstić information content (AvgIpc) is 1.84. The lowest BCUT2D eigenvalue weighted by molar-refractivity contribution is -0.742. The van der Waals surface area contributed by atoms with Crippen molar-refractivity contribution in [3.63, 3.8) is 0 Å². The molecule has 12 heavy (non-hydrogen) atoms. The van der Waals surface area contributed by atoms with Crippen LogP contribution in [-0.2, 0) is 0 Å². The van der Waals surface area contributed by atoms with E-state index in [-0.39, 0.29) is 0 Å². The first-order valence-electron chi connectivity index (χ1n) is 3.39. The van der Waals surface area contributed by atoms with E-state index in [0.29, 0.717) is 0 Å². The minimum Gasteiger partial charge on any atom is -0.328 e. The molecule has 66 valence electrons. The Bertz CT molecular complexity index is 239. The molecule has 1 aromatic carbocycles. The molecule has 1 aromatic rings. The van der Waals surface area contributed by atoms with Crippen LogP contribution >= 0.6 is 0 Å². The summed E-state index contributed by atoms with van der Waals surface area (Å²) in [6.45, 7) is 4.21. The van der Waals surface area contributed by atoms with E-state index in [2.05, 4.69) is 38.1 Å². The maximum absolute atomic E-state index is 8.36. The molecule has 0 radical (unpaired) electrons. The third kappa shape index (κ3) is 6.54. The molecule has 0 aromatic heterocycles. The Morgan fingerprint density at radius 2 is 1.67 bits per heavy atom. The quantitative estimate of drug-likeness (QED) is 0.477. The van der Waals surface area contributed by atoms with Crippen LogP contribution in [0.4, 0.5) is 0 Å². The summed E-state index contributed by atoms with van der Waals surface area (Å²) in [7, 11) is 0. The highest BCUT2D eigenvalue weighted by Gasteiger charge is 1.80. The van der Waals surface area contributed by atoms with Gasteiger partial charge < -0.3 is 5.21 Å². The Labute approximate surface area is 70.6 Å². The van der Waals surface area contributed by atoms with Crippen LogP contribution in [0.5, 0.6) is 0 Å². The fourth-order valence-electron chi connectivity index (χ4n) is 0.807. The molecule has 0 aliphatic carbocycles. The average molecular weight is 169 g/mol. The van der Waals surface area contributed by atoms with Crippen LogP contribution in [-0.4, -0.2) is 10.3 Å². The number of benzene rings is 1. The van der Waals surface area contributed by atoms with Gasteiger partial charge in [-0.1, -0.05) is 35.4 Å². The van der Waals surface area contributed by atoms with Gasteiger partial charge in [0.2, 0.25) is 0 Å². The Morgan fingerprint density at radius 1 is 1.33 bits per heavy atom. The van der Waals surface area contributed by atoms with Crippen molar-refractivity contribution >= 4 is 0 Å². The third-order valence-corrected chi connectivity index (χ3v) is 1.17. The maximum Gasteiger partial charge on any atom is 0.291 e. The summed E-state index contributed by atoms with van der Waals surface area (Å²) in [5.74, 6) is 0. The zero-order chi connectivity index (χ0) is 9.56. The van der Waals surface area contributed by atoms with Gasteiger partial charge in [0.1, 0.15) is 0 Å². The Balaban J connectivity index is 0.000000261. The first kappa shape index (κ1) is 10.4. The van der Waals surface area contributed by atoms with E-state index in [1.54, 1.807) is 0 Å². The Kier molecular flexibility index (Phi) is 4.45. The number of rotatable bonds is 0. The van der Waals surface area contributed by atoms with Crippen LogP contribution < -0.4 is 0 Å². The van der Waals surface area contributed by atoms with Gasteiger partial charge in [-0.25, -0.2) is 0 Å². The summed E-state index contributed by atoms with van der Waals surface area (Å²) in [4.78, 5) is 8.36. The van der Waals surface area contributed by atoms with Gasteiger partial charge in [0.25, 0.3) is 5.09 Å². The standard InChI is InChI=1S/C8H10.HNO3/c1-7-4-3-5-8(2)6-7;2-1(3)4/h3-6H,1-2H3;(H,2,3,4). The fraction of sp³-hybridized carbons (Fsp3) is 0.250. The molecule has 0 bridgehead atoms. The number of aryl methyl sites for hydroxylation is 2. The molecule has 0 aliphatic rings. The number of hydrogen-bond acceptors (Lipinski definition) is 2. The largest absolute Gasteiger partial charge is 0.328 e. The van der Waals surface area contributed by atoms with E-state index in [1.165, 1.54) is 11.1 Å². The van der Waals surface area contributed by atoms with Crippen molar-refractivity contribution < 1.29 is 10.3 Å². The van der Waals surface area contributed by atoms with E-state index < -0.39 is 5.09 Å². The lowest BCUT2D eigenvalue weighted by Gasteiger charge is -1.90. The first-order valence-corrected chi connectivity index (χ1v) is 3.39. The van der Waals surface area contributed by atoms with Crippen molar-refractivity contribution in [1.82, 2.24) is 0 Å². The highest BCUT2D eigenvalue weighted by molar-refractivity contribution is 5.20. The maximum atomic E-state index is 8.36. The summed E-state index contributed by atoms with van der Waals surface area (Å²) < 4.78 is 0. The van der Waals surface area contributed by atoms with Gasteiger partial charge in [-0.2, -0.15) is 0 Å². The monoisotopic (exact) mass is 169 g/mol. The molecule has 4 heteroatoms. The Morgan fingerprint density at radius 3 is 1.83 bits per heavy atom. The van der Waals surface area contributed by atoms with E-state index in [9.17, 15) is 0 Å². The fourth-order valence-corrected chi connectivity index (χ4v) is 0.807. The van der Waals surface area contributed by atoms with Crippen LogP contribution in [0.25, 0.3) is 0 Å². The second-order valence-corrected chi connectivity index (χ2v) is 2.40. The van der Waals surface area contributed by atoms with Crippen LogP contribution in [0.2, 0.25) is 0 Å². The van der Waals surface area contributed by atoms with Crippen molar-refractivity contribution in [2.45, 2.75) is 13.8 Å². The lowest BCUT2D eigenvalue weighted by atomic mass is 10.2. The molecular formula is C8H11NO3. The Hall–Kier alpha value is -1.58. The second-order valence-electron chi connectivity index (χ2n) is 2.40. The van der Waals surface area contributed by atoms with Gasteiger partial charge >= 0.3 is 0 Å². The van der Waals surface area contributed by atoms with E-state index in [4.69, 9.17) is 15.3 Å². The molecule has 0 saturated heterocycles. The molecule has 0 amide bonds. The van der Waals surface area contributed by atoms with Crippen molar-refractivity contribution in [3.8, 4) is 0 Å². The minimum atomic E-state index is -1.50. The molecule has 0 unspecified atom stereocenters. The predicted octanol–water partition coefficient (Wildman–Crippen LogP) is 1.96. The molecule has 4 nitrogen and oxygen atoms in total. The van der Waals surface area contributed by atoms with Gasteiger partial charge in [-0.15, -0.1) is 10.1 Å². The molecule has 0 atom stereocenters. The topological polar surface area (TPSA) is 63.4 Å². The van der Waals surface area contributed by atoms with Gasteiger partial charge in [-0.3, -0.25) is 0 Å². The summed E-state index contributed by atoms with van der Waals surface area (Å²) in [6.07, 6.45) is 0. The number of hydrogen-bond donors (Lipinski definition) is 1. The van der Waals surface area contributed by atoms with Crippen molar-refractivity contribution in [2.24, 2.45) is 0 Å². The van der Waals surface area contributed by atoms with Crippen LogP contribution in [0, 0.1) is 24.0 Å². The van der Waals surface area contributed by atoms with Crippen LogP contribution in [0.1, 0.15) is 11.1 Å². The van der Waals surface area contributed by atoms with Gasteiger partial charge in [0, 0.05) is 0 Å². The molecule has 0 heterocycles. The molecule has 1 N–H and O–H groups in total. The summed E-state index contributed by atoms with van der Waals surface area (Å²) >= 11 is 0. The zero-order valence-electron chi connectivity index (χ0n) is 7.02. The summed E-state index contributed by atoms with van der Waals surface area (Å²) in [6, 6.07) is 8.45. The molecule has 0 saturated carbocycles. The smallest absolute Gasteiger partial charge is 0.291 e. The molecular weight excluding hydrogens is 158 g/mol. The summed E-state index contributed by atoms with van der Waals surface area (Å²) in [5, 5.41) is 13.6. The van der Waals surface area contributed by atoms with E-state index in [1.807, 2.05) is 0 Å². The molecule has 1 rings (SSSR count). The normalized spacial score (nSPS) is 8.17. The molecule has 0 fully saturated rings. The van der Waals surface area contributed by atoms with E-state index in [0.717, 1.165) is 0 Å². The third-order valence-electron chi connectivity index (χ3n) is 1.17. The first-order chi connectivity index (χ1) is 5.52. The van der Waals surface area contributed by atoms with Crippen molar-refractivity contribution in [1.29, 1.82) is 0 Å². The highest BCUT2D eigenvalue weighted by atomic mass is 16.9. The minimum absolute atomic E-state index is 1.34. The molecule has 0 aliphatic heterocycles.